The number of hydrogen-bond donors (Lipinski definition) is 1. The summed E-state index contributed by atoms with van der Waals surface area (Å²) in [6.45, 7) is 0. The van der Waals surface area contributed by atoms with Crippen LogP contribution in [-0.2, 0) is 24.2 Å². The summed E-state index contributed by atoms with van der Waals surface area (Å²) in [5.74, 6) is -5.10. The number of carbonyl (C=O) groups is 3. The zero-order valence-corrected chi connectivity index (χ0v) is 19.3. The van der Waals surface area contributed by atoms with Crippen LogP contribution in [0, 0.1) is 0 Å². The van der Waals surface area contributed by atoms with E-state index in [2.05, 4.69) is 0 Å². The van der Waals surface area contributed by atoms with Crippen molar-refractivity contribution in [2.45, 2.75) is 25.1 Å². The molecule has 0 aliphatic heterocycles. The summed E-state index contributed by atoms with van der Waals surface area (Å²) in [6, 6.07) is 10.9. The SMILES string of the molecule is CS(=O)(=O)CC(=O)N(c1ccc2ccccc2c1)[C@@H](CCCSCC(=O)C(F)(F)F)C(N)=O. The van der Waals surface area contributed by atoms with E-state index >= 15 is 0 Å². The van der Waals surface area contributed by atoms with E-state index in [1.54, 1.807) is 30.3 Å². The van der Waals surface area contributed by atoms with Crippen molar-refractivity contribution < 1.29 is 36.0 Å². The van der Waals surface area contributed by atoms with Crippen molar-refractivity contribution in [1.29, 1.82) is 0 Å². The maximum absolute atomic E-state index is 12.9. The minimum atomic E-state index is -4.91. The molecule has 0 unspecified atom stereocenters. The van der Waals surface area contributed by atoms with Crippen LogP contribution in [0.5, 0.6) is 0 Å². The summed E-state index contributed by atoms with van der Waals surface area (Å²) >= 11 is 0.749. The number of amides is 2. The molecule has 0 aromatic heterocycles. The quantitative estimate of drug-likeness (QED) is 0.471. The van der Waals surface area contributed by atoms with Crippen LogP contribution < -0.4 is 10.6 Å². The second-order valence-electron chi connectivity index (χ2n) is 7.40. The molecular formula is C21H23F3N2O5S2. The third kappa shape index (κ3) is 8.04. The molecule has 0 saturated carbocycles. The molecule has 33 heavy (non-hydrogen) atoms. The van der Waals surface area contributed by atoms with E-state index in [9.17, 15) is 36.0 Å². The normalized spacial score (nSPS) is 13.0. The Morgan fingerprint density at radius 3 is 2.30 bits per heavy atom. The van der Waals surface area contributed by atoms with Crippen molar-refractivity contribution in [2.24, 2.45) is 5.73 Å². The molecule has 180 valence electrons. The summed E-state index contributed by atoms with van der Waals surface area (Å²) in [5.41, 5.74) is 5.79. The van der Waals surface area contributed by atoms with Gasteiger partial charge in [0.05, 0.1) is 5.75 Å². The molecule has 2 aromatic rings. The summed E-state index contributed by atoms with van der Waals surface area (Å²) in [7, 11) is -3.72. The van der Waals surface area contributed by atoms with Gasteiger partial charge in [0, 0.05) is 11.9 Å². The molecule has 2 amide bonds. The second-order valence-corrected chi connectivity index (χ2v) is 10.6. The molecule has 2 N–H and O–H groups in total. The Kier molecular flexibility index (Phi) is 8.89. The van der Waals surface area contributed by atoms with E-state index in [1.165, 1.54) is 0 Å². The van der Waals surface area contributed by atoms with Gasteiger partial charge in [0.15, 0.2) is 9.84 Å². The number of hydrogen-bond acceptors (Lipinski definition) is 6. The monoisotopic (exact) mass is 504 g/mol. The molecule has 2 aromatic carbocycles. The highest BCUT2D eigenvalue weighted by Crippen LogP contribution is 2.26. The lowest BCUT2D eigenvalue weighted by Gasteiger charge is -2.30. The first-order chi connectivity index (χ1) is 15.3. The van der Waals surface area contributed by atoms with Gasteiger partial charge in [0.1, 0.15) is 11.8 Å². The minimum absolute atomic E-state index is 0.0229. The lowest BCUT2D eigenvalue weighted by Crippen LogP contribution is -2.50. The number of alkyl halides is 3. The maximum Gasteiger partial charge on any atom is 0.450 e. The molecule has 12 heteroatoms. The van der Waals surface area contributed by atoms with Gasteiger partial charge < -0.3 is 5.73 Å². The highest BCUT2D eigenvalue weighted by Gasteiger charge is 2.37. The second kappa shape index (κ2) is 11.0. The summed E-state index contributed by atoms with van der Waals surface area (Å²) < 4.78 is 60.4. The number of carbonyl (C=O) groups excluding carboxylic acids is 3. The standard InChI is InChI=1S/C21H23F3N2O5S2/c1-33(30,31)13-19(28)26(16-9-8-14-5-2-3-6-15(14)11-16)17(20(25)29)7-4-10-32-12-18(27)21(22,23)24/h2-3,5-6,8-9,11,17H,4,7,10,12-13H2,1H3,(H2,25,29)/t17-/m0/s1. The summed E-state index contributed by atoms with van der Waals surface area (Å²) in [5, 5.41) is 1.61. The van der Waals surface area contributed by atoms with Gasteiger partial charge >= 0.3 is 6.18 Å². The number of ketones is 1. The number of fused-ring (bicyclic) bond motifs is 1. The first-order valence-corrected chi connectivity index (χ1v) is 13.0. The first kappa shape index (κ1) is 26.7. The third-order valence-electron chi connectivity index (χ3n) is 4.62. The van der Waals surface area contributed by atoms with Gasteiger partial charge in [0.25, 0.3) is 0 Å². The number of sulfone groups is 1. The number of anilines is 1. The predicted octanol–water partition coefficient (Wildman–Crippen LogP) is 2.72. The Bertz CT molecular complexity index is 1140. The molecule has 0 radical (unpaired) electrons. The van der Waals surface area contributed by atoms with Crippen molar-refractivity contribution >= 4 is 55.7 Å². The van der Waals surface area contributed by atoms with Gasteiger partial charge in [-0.25, -0.2) is 8.42 Å². The Morgan fingerprint density at radius 2 is 1.73 bits per heavy atom. The molecule has 0 spiro atoms. The molecular weight excluding hydrogens is 481 g/mol. The highest BCUT2D eigenvalue weighted by molar-refractivity contribution is 7.99. The number of halogens is 3. The van der Waals surface area contributed by atoms with E-state index in [4.69, 9.17) is 5.73 Å². The van der Waals surface area contributed by atoms with Crippen LogP contribution in [0.3, 0.4) is 0 Å². The fraction of sp³-hybridized carbons (Fsp3) is 0.381. The lowest BCUT2D eigenvalue weighted by atomic mass is 10.1. The fourth-order valence-corrected chi connectivity index (χ4v) is 4.59. The number of rotatable bonds is 11. The Labute approximate surface area is 193 Å². The van der Waals surface area contributed by atoms with Crippen LogP contribution in [0.15, 0.2) is 42.5 Å². The van der Waals surface area contributed by atoms with Gasteiger partial charge in [0.2, 0.25) is 17.6 Å². The van der Waals surface area contributed by atoms with Crippen molar-refractivity contribution in [3.63, 3.8) is 0 Å². The maximum atomic E-state index is 12.9. The predicted molar refractivity (Wildman–Crippen MR) is 122 cm³/mol. The number of nitrogens with two attached hydrogens (primary N) is 1. The Hall–Kier alpha value is -2.60. The molecule has 0 heterocycles. The zero-order valence-electron chi connectivity index (χ0n) is 17.7. The van der Waals surface area contributed by atoms with E-state index in [-0.39, 0.29) is 24.3 Å². The van der Waals surface area contributed by atoms with Crippen LogP contribution in [0.25, 0.3) is 10.8 Å². The lowest BCUT2D eigenvalue weighted by molar-refractivity contribution is -0.167. The first-order valence-electron chi connectivity index (χ1n) is 9.75. The minimum Gasteiger partial charge on any atom is -0.368 e. The number of Topliss-reactive ketones (excluding diaryl/α,β-unsaturated/α-hetero) is 1. The van der Waals surface area contributed by atoms with Crippen molar-refractivity contribution in [3.05, 3.63) is 42.5 Å². The van der Waals surface area contributed by atoms with Gasteiger partial charge in [-0.05, 0) is 41.5 Å². The van der Waals surface area contributed by atoms with Crippen LogP contribution in [0.1, 0.15) is 12.8 Å². The van der Waals surface area contributed by atoms with E-state index in [1.807, 2.05) is 12.1 Å². The molecule has 2 rings (SSSR count). The fourth-order valence-electron chi connectivity index (χ4n) is 3.14. The van der Waals surface area contributed by atoms with Gasteiger partial charge in [-0.2, -0.15) is 24.9 Å². The molecule has 0 fully saturated rings. The Morgan fingerprint density at radius 1 is 1.09 bits per heavy atom. The molecule has 7 nitrogen and oxygen atoms in total. The number of benzene rings is 2. The Balaban J connectivity index is 2.25. The molecule has 1 atom stereocenters. The number of nitrogens with zero attached hydrogens (tertiary/aromatic N) is 1. The number of thioether (sulfide) groups is 1. The largest absolute Gasteiger partial charge is 0.450 e. The molecule has 0 saturated heterocycles. The molecule has 0 bridgehead atoms. The van der Waals surface area contributed by atoms with Crippen LogP contribution in [0.2, 0.25) is 0 Å². The van der Waals surface area contributed by atoms with Crippen LogP contribution in [-0.4, -0.2) is 61.7 Å². The van der Waals surface area contributed by atoms with Gasteiger partial charge in [-0.3, -0.25) is 19.3 Å². The van der Waals surface area contributed by atoms with E-state index in [0.717, 1.165) is 33.7 Å². The molecule has 0 aliphatic carbocycles. The topological polar surface area (TPSA) is 115 Å². The van der Waals surface area contributed by atoms with E-state index in [0.29, 0.717) is 0 Å². The van der Waals surface area contributed by atoms with Gasteiger partial charge in [-0.1, -0.05) is 30.3 Å². The zero-order chi connectivity index (χ0) is 24.8. The van der Waals surface area contributed by atoms with Crippen molar-refractivity contribution in [3.8, 4) is 0 Å². The van der Waals surface area contributed by atoms with Crippen molar-refractivity contribution in [2.75, 3.05) is 28.4 Å². The van der Waals surface area contributed by atoms with Crippen molar-refractivity contribution in [1.82, 2.24) is 0 Å². The number of primary amides is 1. The summed E-state index contributed by atoms with van der Waals surface area (Å²) in [6.07, 6.45) is -3.88. The average Bonchev–Trinajstić information content (AvgIpc) is 2.70. The van der Waals surface area contributed by atoms with Crippen LogP contribution in [0.4, 0.5) is 18.9 Å². The van der Waals surface area contributed by atoms with E-state index < -0.39 is 51.2 Å². The molecule has 0 aliphatic rings. The average molecular weight is 505 g/mol. The smallest absolute Gasteiger partial charge is 0.368 e. The van der Waals surface area contributed by atoms with Crippen LogP contribution >= 0.6 is 11.8 Å². The highest BCUT2D eigenvalue weighted by atomic mass is 32.2. The third-order valence-corrected chi connectivity index (χ3v) is 6.44. The summed E-state index contributed by atoms with van der Waals surface area (Å²) in [4.78, 5) is 37.1. The van der Waals surface area contributed by atoms with Gasteiger partial charge in [-0.15, -0.1) is 0 Å².